The first-order valence-electron chi connectivity index (χ1n) is 7.86. The van der Waals surface area contributed by atoms with E-state index in [1.54, 1.807) is 19.5 Å². The summed E-state index contributed by atoms with van der Waals surface area (Å²) in [7, 11) is 1.62. The molecule has 6 nitrogen and oxygen atoms in total. The zero-order valence-corrected chi connectivity index (χ0v) is 14.0. The zero-order chi connectivity index (χ0) is 17.9. The lowest BCUT2D eigenvalue weighted by molar-refractivity contribution is -0.117. The van der Waals surface area contributed by atoms with Crippen LogP contribution in [-0.2, 0) is 17.8 Å². The number of rotatable bonds is 8. The molecule has 0 aliphatic carbocycles. The fourth-order valence-corrected chi connectivity index (χ4v) is 2.13. The summed E-state index contributed by atoms with van der Waals surface area (Å²) in [6, 6.07) is 13.3. The molecule has 0 fully saturated rings. The minimum Gasteiger partial charge on any atom is -0.497 e. The maximum atomic E-state index is 12.0. The molecule has 0 saturated carbocycles. The van der Waals surface area contributed by atoms with Crippen molar-refractivity contribution in [1.82, 2.24) is 15.6 Å². The maximum absolute atomic E-state index is 12.0. The van der Waals surface area contributed by atoms with Crippen molar-refractivity contribution in [3.8, 4) is 11.8 Å². The van der Waals surface area contributed by atoms with E-state index in [1.165, 1.54) is 6.20 Å². The Balaban J connectivity index is 1.78. The first kappa shape index (κ1) is 18.0. The van der Waals surface area contributed by atoms with Gasteiger partial charge in [-0.1, -0.05) is 18.2 Å². The first-order valence-corrected chi connectivity index (χ1v) is 7.86. The van der Waals surface area contributed by atoms with E-state index in [-0.39, 0.29) is 5.57 Å². The van der Waals surface area contributed by atoms with Crippen molar-refractivity contribution < 1.29 is 9.53 Å². The molecule has 2 rings (SSSR count). The molecule has 0 aliphatic heterocycles. The first-order chi connectivity index (χ1) is 12.2. The summed E-state index contributed by atoms with van der Waals surface area (Å²) in [5, 5.41) is 14.8. The molecule has 2 N–H and O–H groups in total. The Morgan fingerprint density at radius 3 is 2.72 bits per heavy atom. The van der Waals surface area contributed by atoms with Gasteiger partial charge in [0.25, 0.3) is 5.91 Å². The van der Waals surface area contributed by atoms with Gasteiger partial charge < -0.3 is 15.4 Å². The fraction of sp³-hybridized carbons (Fsp3) is 0.211. The number of ether oxygens (including phenoxy) is 1. The summed E-state index contributed by atoms with van der Waals surface area (Å²) in [6.45, 7) is 0.949. The molecule has 0 aliphatic rings. The molecule has 0 bridgehead atoms. The molecule has 25 heavy (non-hydrogen) atoms. The third-order valence-corrected chi connectivity index (χ3v) is 3.50. The Kier molecular flexibility index (Phi) is 7.01. The molecule has 1 aromatic heterocycles. The van der Waals surface area contributed by atoms with Gasteiger partial charge in [-0.25, -0.2) is 0 Å². The molecule has 6 heteroatoms. The van der Waals surface area contributed by atoms with E-state index in [4.69, 9.17) is 10.00 Å². The van der Waals surface area contributed by atoms with Gasteiger partial charge in [0.2, 0.25) is 0 Å². The second-order valence-corrected chi connectivity index (χ2v) is 5.27. The van der Waals surface area contributed by atoms with Crippen molar-refractivity contribution >= 4 is 5.91 Å². The van der Waals surface area contributed by atoms with Crippen molar-refractivity contribution in [2.75, 3.05) is 13.7 Å². The molecular formula is C19H20N4O2. The van der Waals surface area contributed by atoms with Gasteiger partial charge in [0.05, 0.1) is 7.11 Å². The fourth-order valence-electron chi connectivity index (χ4n) is 2.13. The molecule has 0 atom stereocenters. The lowest BCUT2D eigenvalue weighted by Gasteiger charge is -2.06. The van der Waals surface area contributed by atoms with E-state index in [1.807, 2.05) is 42.5 Å². The molecule has 1 aromatic carbocycles. The van der Waals surface area contributed by atoms with Crippen LogP contribution in [0.15, 0.2) is 60.6 Å². The Bertz CT molecular complexity index is 749. The van der Waals surface area contributed by atoms with E-state index in [0.717, 1.165) is 16.9 Å². The Morgan fingerprint density at radius 2 is 2.08 bits per heavy atom. The lowest BCUT2D eigenvalue weighted by Crippen LogP contribution is -2.27. The van der Waals surface area contributed by atoms with E-state index in [2.05, 4.69) is 15.6 Å². The summed E-state index contributed by atoms with van der Waals surface area (Å²) in [5.74, 6) is 0.400. The van der Waals surface area contributed by atoms with Gasteiger partial charge in [-0.05, 0) is 35.7 Å². The van der Waals surface area contributed by atoms with Crippen LogP contribution in [0, 0.1) is 11.3 Å². The van der Waals surface area contributed by atoms with Gasteiger partial charge in [0.1, 0.15) is 17.4 Å². The SMILES string of the molecule is COc1ccc(CCNC(=O)/C(C#N)=C\NCc2cccnc2)cc1. The van der Waals surface area contributed by atoms with E-state index in [9.17, 15) is 4.79 Å². The highest BCUT2D eigenvalue weighted by Gasteiger charge is 2.07. The number of amides is 1. The topological polar surface area (TPSA) is 87.0 Å². The number of carbonyl (C=O) groups excluding carboxylic acids is 1. The van der Waals surface area contributed by atoms with Crippen molar-refractivity contribution in [1.29, 1.82) is 5.26 Å². The third-order valence-electron chi connectivity index (χ3n) is 3.50. The standard InChI is InChI=1S/C19H20N4O2/c1-25-18-6-4-15(5-7-18)8-10-23-19(24)17(11-20)14-22-13-16-3-2-9-21-12-16/h2-7,9,12,14,22H,8,10,13H2,1H3,(H,23,24)/b17-14-. The van der Waals surface area contributed by atoms with E-state index >= 15 is 0 Å². The normalized spacial score (nSPS) is 10.6. The average molecular weight is 336 g/mol. The number of methoxy groups -OCH3 is 1. The zero-order valence-electron chi connectivity index (χ0n) is 14.0. The molecular weight excluding hydrogens is 316 g/mol. The second-order valence-electron chi connectivity index (χ2n) is 5.27. The van der Waals surface area contributed by atoms with E-state index in [0.29, 0.717) is 19.5 Å². The van der Waals surface area contributed by atoms with Gasteiger partial charge in [0, 0.05) is 31.7 Å². The number of nitrogens with one attached hydrogen (secondary N) is 2. The summed E-state index contributed by atoms with van der Waals surface area (Å²) in [4.78, 5) is 16.0. The molecule has 2 aromatic rings. The third kappa shape index (κ3) is 5.99. The molecule has 128 valence electrons. The predicted octanol–water partition coefficient (Wildman–Crippen LogP) is 1.95. The van der Waals surface area contributed by atoms with Crippen LogP contribution in [0.1, 0.15) is 11.1 Å². The quantitative estimate of drug-likeness (QED) is 0.568. The summed E-state index contributed by atoms with van der Waals surface area (Å²) in [5.41, 5.74) is 2.09. The summed E-state index contributed by atoms with van der Waals surface area (Å²) < 4.78 is 5.10. The Hall–Kier alpha value is -3.33. The number of hydrogen-bond donors (Lipinski definition) is 2. The Morgan fingerprint density at radius 1 is 1.28 bits per heavy atom. The van der Waals surface area contributed by atoms with Crippen LogP contribution >= 0.6 is 0 Å². The number of carbonyl (C=O) groups is 1. The van der Waals surface area contributed by atoms with Crippen molar-refractivity contribution in [3.63, 3.8) is 0 Å². The molecule has 0 saturated heterocycles. The van der Waals surface area contributed by atoms with Crippen molar-refractivity contribution in [2.45, 2.75) is 13.0 Å². The van der Waals surface area contributed by atoms with E-state index < -0.39 is 5.91 Å². The van der Waals surface area contributed by atoms with Crippen LogP contribution in [0.4, 0.5) is 0 Å². The minimum absolute atomic E-state index is 0.0404. The van der Waals surface area contributed by atoms with Gasteiger partial charge in [-0.15, -0.1) is 0 Å². The highest BCUT2D eigenvalue weighted by atomic mass is 16.5. The van der Waals surface area contributed by atoms with Crippen LogP contribution < -0.4 is 15.4 Å². The highest BCUT2D eigenvalue weighted by molar-refractivity contribution is 5.97. The van der Waals surface area contributed by atoms with Gasteiger partial charge in [0.15, 0.2) is 0 Å². The number of benzene rings is 1. The molecule has 0 unspecified atom stereocenters. The van der Waals surface area contributed by atoms with Crippen LogP contribution in [0.25, 0.3) is 0 Å². The maximum Gasteiger partial charge on any atom is 0.263 e. The van der Waals surface area contributed by atoms with Gasteiger partial charge in [-0.2, -0.15) is 5.26 Å². The van der Waals surface area contributed by atoms with Crippen molar-refractivity contribution in [3.05, 3.63) is 71.7 Å². The molecule has 1 heterocycles. The smallest absolute Gasteiger partial charge is 0.263 e. The van der Waals surface area contributed by atoms with Crippen LogP contribution in [0.3, 0.4) is 0 Å². The summed E-state index contributed by atoms with van der Waals surface area (Å²) >= 11 is 0. The number of nitriles is 1. The lowest BCUT2D eigenvalue weighted by atomic mass is 10.1. The van der Waals surface area contributed by atoms with Crippen LogP contribution in [0.5, 0.6) is 5.75 Å². The molecule has 0 radical (unpaired) electrons. The Labute approximate surface area is 147 Å². The van der Waals surface area contributed by atoms with Crippen molar-refractivity contribution in [2.24, 2.45) is 0 Å². The van der Waals surface area contributed by atoms with Gasteiger partial charge in [-0.3, -0.25) is 9.78 Å². The predicted molar refractivity (Wildman–Crippen MR) is 94.5 cm³/mol. The monoisotopic (exact) mass is 336 g/mol. The molecule has 1 amide bonds. The van der Waals surface area contributed by atoms with Crippen LogP contribution in [-0.4, -0.2) is 24.5 Å². The summed E-state index contributed by atoms with van der Waals surface area (Å²) in [6.07, 6.45) is 5.52. The number of pyridine rings is 1. The number of aromatic nitrogens is 1. The number of hydrogen-bond acceptors (Lipinski definition) is 5. The van der Waals surface area contributed by atoms with Crippen LogP contribution in [0.2, 0.25) is 0 Å². The minimum atomic E-state index is -0.394. The largest absolute Gasteiger partial charge is 0.497 e. The highest BCUT2D eigenvalue weighted by Crippen LogP contribution is 2.11. The molecule has 0 spiro atoms. The van der Waals surface area contributed by atoms with Gasteiger partial charge >= 0.3 is 0 Å². The number of nitrogens with zero attached hydrogens (tertiary/aromatic N) is 2. The second kappa shape index (κ2) is 9.73. The average Bonchev–Trinajstić information content (AvgIpc) is 2.66.